The zero-order valence-electron chi connectivity index (χ0n) is 58.0. The summed E-state index contributed by atoms with van der Waals surface area (Å²) in [5, 5.41) is 54.9. The van der Waals surface area contributed by atoms with Crippen LogP contribution in [-0.2, 0) is 14.3 Å². The summed E-state index contributed by atoms with van der Waals surface area (Å²) in [6, 6.07) is -0.807. The summed E-state index contributed by atoms with van der Waals surface area (Å²) in [4.78, 5) is 13.2. The summed E-state index contributed by atoms with van der Waals surface area (Å²) in [5.41, 5.74) is 0. The third-order valence-electron chi connectivity index (χ3n) is 18.3. The van der Waals surface area contributed by atoms with E-state index in [0.717, 1.165) is 64.2 Å². The number of amides is 1. The maximum atomic E-state index is 13.2. The number of ether oxygens (including phenoxy) is 2. The van der Waals surface area contributed by atoms with Crippen molar-refractivity contribution in [2.75, 3.05) is 13.2 Å². The molecule has 7 unspecified atom stereocenters. The highest BCUT2D eigenvalue weighted by atomic mass is 16.7. The summed E-state index contributed by atoms with van der Waals surface area (Å²) in [5.74, 6) is -0.169. The van der Waals surface area contributed by atoms with E-state index >= 15 is 0 Å². The quantitative estimate of drug-likeness (QED) is 0.0261. The number of rotatable bonds is 68. The highest BCUT2D eigenvalue weighted by Crippen LogP contribution is 2.24. The molecule has 0 aliphatic carbocycles. The van der Waals surface area contributed by atoms with Gasteiger partial charge in [-0.1, -0.05) is 376 Å². The van der Waals surface area contributed by atoms with E-state index in [1.165, 1.54) is 295 Å². The molecule has 6 N–H and O–H groups in total. The molecule has 0 radical (unpaired) electrons. The van der Waals surface area contributed by atoms with Gasteiger partial charge in [0.05, 0.1) is 25.4 Å². The van der Waals surface area contributed by atoms with Crippen LogP contribution in [0.5, 0.6) is 0 Å². The fourth-order valence-electron chi connectivity index (χ4n) is 12.4. The Kier molecular flexibility index (Phi) is 64.6. The van der Waals surface area contributed by atoms with Gasteiger partial charge in [0.1, 0.15) is 24.4 Å². The van der Waals surface area contributed by atoms with Crippen LogP contribution >= 0.6 is 0 Å². The lowest BCUT2D eigenvalue weighted by atomic mass is 9.99. The fraction of sp³-hybridized carbons (Fsp3) is 0.861. The van der Waals surface area contributed by atoms with Gasteiger partial charge in [-0.15, -0.1) is 0 Å². The number of aliphatic hydroxyl groups is 5. The van der Waals surface area contributed by atoms with E-state index < -0.39 is 49.5 Å². The van der Waals surface area contributed by atoms with Gasteiger partial charge >= 0.3 is 0 Å². The van der Waals surface area contributed by atoms with E-state index in [9.17, 15) is 30.3 Å². The average molecular weight is 1240 g/mol. The van der Waals surface area contributed by atoms with Crippen LogP contribution < -0.4 is 5.32 Å². The van der Waals surface area contributed by atoms with E-state index in [2.05, 4.69) is 67.8 Å². The number of unbranched alkanes of at least 4 members (excludes halogenated alkanes) is 50. The van der Waals surface area contributed by atoms with Gasteiger partial charge < -0.3 is 40.3 Å². The van der Waals surface area contributed by atoms with Crippen LogP contribution in [0.1, 0.15) is 380 Å². The minimum absolute atomic E-state index is 0.169. The summed E-state index contributed by atoms with van der Waals surface area (Å²) < 4.78 is 11.3. The minimum Gasteiger partial charge on any atom is -0.394 e. The molecule has 7 atom stereocenters. The zero-order chi connectivity index (χ0) is 63.5. The monoisotopic (exact) mass is 1240 g/mol. The molecule has 1 amide bonds. The van der Waals surface area contributed by atoms with Gasteiger partial charge in [0.15, 0.2) is 6.29 Å². The van der Waals surface area contributed by atoms with E-state index in [-0.39, 0.29) is 12.5 Å². The van der Waals surface area contributed by atoms with Gasteiger partial charge in [0.25, 0.3) is 0 Å². The smallest absolute Gasteiger partial charge is 0.220 e. The van der Waals surface area contributed by atoms with Crippen molar-refractivity contribution in [2.45, 2.75) is 423 Å². The Morgan fingerprint density at radius 2 is 0.705 bits per heavy atom. The number of allylic oxidation sites excluding steroid dienone is 9. The van der Waals surface area contributed by atoms with Crippen molar-refractivity contribution < 1.29 is 39.8 Å². The number of aliphatic hydroxyl groups excluding tert-OH is 5. The van der Waals surface area contributed by atoms with Gasteiger partial charge in [0.2, 0.25) is 5.91 Å². The SMILES string of the molecule is CC/C=C\C/C=C\C/C=C\C/C=C\CCCCCCCCCCCCCCCCCCCCCCCCC(=O)NC(COC1OC(CO)C(O)C(O)C1O)C(O)/C=C/CCCCCCCCCCCCCCCCCCCCCCCCCCCCCC. The molecule has 0 bridgehead atoms. The first-order valence-corrected chi connectivity index (χ1v) is 38.5. The Morgan fingerprint density at radius 3 is 1.05 bits per heavy atom. The zero-order valence-corrected chi connectivity index (χ0v) is 58.0. The van der Waals surface area contributed by atoms with Crippen molar-refractivity contribution in [3.05, 3.63) is 60.8 Å². The predicted molar refractivity (Wildman–Crippen MR) is 378 cm³/mol. The first-order chi connectivity index (χ1) is 43.3. The third kappa shape index (κ3) is 55.5. The first kappa shape index (κ1) is 83.9. The van der Waals surface area contributed by atoms with Crippen molar-refractivity contribution >= 4 is 5.91 Å². The van der Waals surface area contributed by atoms with Gasteiger partial charge in [-0.05, 0) is 57.8 Å². The van der Waals surface area contributed by atoms with Crippen molar-refractivity contribution in [2.24, 2.45) is 0 Å². The van der Waals surface area contributed by atoms with Crippen LogP contribution in [0.2, 0.25) is 0 Å². The molecule has 1 fully saturated rings. The topological polar surface area (TPSA) is 149 Å². The molecule has 1 rings (SSSR count). The van der Waals surface area contributed by atoms with Crippen LogP contribution in [0.25, 0.3) is 0 Å². The largest absolute Gasteiger partial charge is 0.394 e. The molecule has 0 aromatic rings. The standard InChI is InChI=1S/C79H147NO8/c1-3-5-7-9-11-13-15-17-19-21-23-25-27-29-31-33-35-36-37-38-39-41-43-45-47-49-51-53-55-57-59-61-63-65-67-69-75(83)80-72(71-87-79-78(86)77(85)76(84)74(70-81)88-79)73(82)68-66-64-62-60-58-56-54-52-50-48-46-44-42-40-34-32-30-28-26-24-22-20-18-16-14-12-10-8-6-4-2/h5,7,11,13,17,19,23,25,66,68,72-74,76-79,81-82,84-86H,3-4,6,8-10,12,14-16,18,20-22,24,26-65,67,69-71H2,1-2H3,(H,80,83)/b7-5-,13-11-,19-17-,25-23-,68-66+. The first-order valence-electron chi connectivity index (χ1n) is 38.5. The van der Waals surface area contributed by atoms with E-state index in [4.69, 9.17) is 9.47 Å². The molecule has 9 heteroatoms. The maximum absolute atomic E-state index is 13.2. The number of carbonyl (C=O) groups excluding carboxylic acids is 1. The minimum atomic E-state index is -1.57. The summed E-state index contributed by atoms with van der Waals surface area (Å²) in [6.45, 7) is 3.72. The summed E-state index contributed by atoms with van der Waals surface area (Å²) in [7, 11) is 0. The van der Waals surface area contributed by atoms with E-state index in [1.807, 2.05) is 6.08 Å². The number of nitrogens with one attached hydrogen (secondary N) is 1. The van der Waals surface area contributed by atoms with Crippen molar-refractivity contribution in [3.63, 3.8) is 0 Å². The average Bonchev–Trinajstić information content (AvgIpc) is 3.65. The lowest BCUT2D eigenvalue weighted by molar-refractivity contribution is -0.302. The molecule has 0 saturated carbocycles. The molecule has 1 aliphatic rings. The molecule has 9 nitrogen and oxygen atoms in total. The molecule has 1 saturated heterocycles. The van der Waals surface area contributed by atoms with Crippen LogP contribution in [0.3, 0.4) is 0 Å². The van der Waals surface area contributed by atoms with Gasteiger partial charge in [-0.25, -0.2) is 0 Å². The van der Waals surface area contributed by atoms with Crippen LogP contribution in [0.4, 0.5) is 0 Å². The summed E-state index contributed by atoms with van der Waals surface area (Å²) in [6.07, 6.45) is 87.9. The normalized spacial score (nSPS) is 18.2. The van der Waals surface area contributed by atoms with Gasteiger partial charge in [-0.2, -0.15) is 0 Å². The molecule has 1 heterocycles. The van der Waals surface area contributed by atoms with Gasteiger partial charge in [0, 0.05) is 6.42 Å². The Morgan fingerprint density at radius 1 is 0.398 bits per heavy atom. The van der Waals surface area contributed by atoms with Crippen LogP contribution in [0.15, 0.2) is 60.8 Å². The van der Waals surface area contributed by atoms with E-state index in [1.54, 1.807) is 6.08 Å². The molecule has 516 valence electrons. The highest BCUT2D eigenvalue weighted by molar-refractivity contribution is 5.76. The van der Waals surface area contributed by atoms with Crippen molar-refractivity contribution in [1.29, 1.82) is 0 Å². The molecule has 88 heavy (non-hydrogen) atoms. The lowest BCUT2D eigenvalue weighted by Crippen LogP contribution is -2.60. The number of hydrogen-bond donors (Lipinski definition) is 6. The van der Waals surface area contributed by atoms with Crippen molar-refractivity contribution in [3.8, 4) is 0 Å². The van der Waals surface area contributed by atoms with Crippen LogP contribution in [-0.4, -0.2) is 87.5 Å². The Hall–Kier alpha value is -2.11. The predicted octanol–water partition coefficient (Wildman–Crippen LogP) is 21.7. The Labute approximate surface area is 545 Å². The lowest BCUT2D eigenvalue weighted by Gasteiger charge is -2.40. The molecule has 1 aliphatic heterocycles. The van der Waals surface area contributed by atoms with E-state index in [0.29, 0.717) is 6.42 Å². The van der Waals surface area contributed by atoms with Crippen molar-refractivity contribution in [1.82, 2.24) is 5.32 Å². The molecule has 0 spiro atoms. The maximum Gasteiger partial charge on any atom is 0.220 e. The van der Waals surface area contributed by atoms with Gasteiger partial charge in [-0.3, -0.25) is 4.79 Å². The second kappa shape index (κ2) is 67.8. The molecule has 0 aromatic carbocycles. The molecular formula is C79H147NO8. The highest BCUT2D eigenvalue weighted by Gasteiger charge is 2.44. The third-order valence-corrected chi connectivity index (χ3v) is 18.3. The van der Waals surface area contributed by atoms with Crippen LogP contribution in [0, 0.1) is 0 Å². The Balaban J connectivity index is 2.08. The second-order valence-electron chi connectivity index (χ2n) is 26.8. The number of hydrogen-bond acceptors (Lipinski definition) is 8. The second-order valence-corrected chi connectivity index (χ2v) is 26.8. The molecule has 0 aromatic heterocycles. The Bertz CT molecular complexity index is 1580. The fourth-order valence-corrected chi connectivity index (χ4v) is 12.4. The summed E-state index contributed by atoms with van der Waals surface area (Å²) >= 11 is 0. The number of carbonyl (C=O) groups is 1. The molecular weight excluding hydrogens is 1090 g/mol.